The number of benzene rings is 3. The molecule has 2 N–H and O–H groups in total. The highest BCUT2D eigenvalue weighted by Gasteiger charge is 2.30. The van der Waals surface area contributed by atoms with Gasteiger partial charge in [0.15, 0.2) is 0 Å². The van der Waals surface area contributed by atoms with E-state index in [1.54, 1.807) is 54.1 Å². The van der Waals surface area contributed by atoms with Crippen LogP contribution in [0.25, 0.3) is 10.9 Å². The third kappa shape index (κ3) is 4.52. The smallest absolute Gasteiger partial charge is 0.416 e. The average Bonchev–Trinajstić information content (AvgIpc) is 3.21. The first kappa shape index (κ1) is 23.1. The Hall–Kier alpha value is -4.07. The predicted octanol–water partition coefficient (Wildman–Crippen LogP) is 6.22. The van der Waals surface area contributed by atoms with Crippen LogP contribution in [0.5, 0.6) is 0 Å². The van der Waals surface area contributed by atoms with Crippen molar-refractivity contribution >= 4 is 28.5 Å². The second-order valence-corrected chi connectivity index (χ2v) is 7.83. The summed E-state index contributed by atoms with van der Waals surface area (Å²) in [5.41, 5.74) is 1.65. The second-order valence-electron chi connectivity index (χ2n) is 7.83. The zero-order valence-electron chi connectivity index (χ0n) is 18.2. The van der Waals surface area contributed by atoms with Gasteiger partial charge in [-0.15, -0.1) is 0 Å². The Morgan fingerprint density at radius 2 is 1.68 bits per heavy atom. The molecule has 4 rings (SSSR count). The molecule has 0 fully saturated rings. The normalized spacial score (nSPS) is 11.5. The molecule has 0 bridgehead atoms. The van der Waals surface area contributed by atoms with Crippen LogP contribution in [0.4, 0.5) is 18.9 Å². The van der Waals surface area contributed by atoms with Gasteiger partial charge in [-0.25, -0.2) is 4.79 Å². The number of nitrogens with zero attached hydrogens (tertiary/aromatic N) is 1. The Morgan fingerprint density at radius 3 is 2.38 bits per heavy atom. The van der Waals surface area contributed by atoms with Crippen molar-refractivity contribution in [1.82, 2.24) is 4.57 Å². The summed E-state index contributed by atoms with van der Waals surface area (Å²) in [4.78, 5) is 24.8. The molecule has 5 nitrogen and oxygen atoms in total. The van der Waals surface area contributed by atoms with E-state index in [4.69, 9.17) is 0 Å². The number of hydrogen-bond acceptors (Lipinski definition) is 2. The molecule has 4 aromatic rings. The largest absolute Gasteiger partial charge is 0.478 e. The Kier molecular flexibility index (Phi) is 6.15. The van der Waals surface area contributed by atoms with Crippen molar-refractivity contribution in [2.45, 2.75) is 26.1 Å². The number of fused-ring (bicyclic) bond motifs is 1. The Balaban J connectivity index is 1.71. The van der Waals surface area contributed by atoms with Gasteiger partial charge in [-0.05, 0) is 53.9 Å². The lowest BCUT2D eigenvalue weighted by Gasteiger charge is -2.14. The molecule has 1 aromatic heterocycles. The van der Waals surface area contributed by atoms with Gasteiger partial charge in [0, 0.05) is 23.8 Å². The number of carboxylic acids is 1. The fourth-order valence-corrected chi connectivity index (χ4v) is 4.09. The van der Waals surface area contributed by atoms with Crippen LogP contribution < -0.4 is 5.32 Å². The van der Waals surface area contributed by atoms with Gasteiger partial charge < -0.3 is 15.0 Å². The first-order chi connectivity index (χ1) is 16.2. The number of carbonyl (C=O) groups is 2. The predicted molar refractivity (Wildman–Crippen MR) is 123 cm³/mol. The summed E-state index contributed by atoms with van der Waals surface area (Å²) in [5, 5.41) is 13.0. The molecular weight excluding hydrogens is 445 g/mol. The number of aromatic nitrogens is 1. The molecule has 174 valence electrons. The van der Waals surface area contributed by atoms with Gasteiger partial charge in [0.2, 0.25) is 0 Å². The number of alkyl halides is 3. The zero-order chi connectivity index (χ0) is 24.5. The van der Waals surface area contributed by atoms with Crippen molar-refractivity contribution in [1.29, 1.82) is 0 Å². The highest BCUT2D eigenvalue weighted by molar-refractivity contribution is 6.12. The van der Waals surface area contributed by atoms with E-state index in [0.717, 1.165) is 17.5 Å². The van der Waals surface area contributed by atoms with Gasteiger partial charge >= 0.3 is 12.1 Å². The molecule has 0 saturated carbocycles. The van der Waals surface area contributed by atoms with Gasteiger partial charge in [-0.1, -0.05) is 37.3 Å². The van der Waals surface area contributed by atoms with Gasteiger partial charge in [0.25, 0.3) is 5.91 Å². The number of nitrogens with one attached hydrogen (secondary N) is 1. The lowest BCUT2D eigenvalue weighted by Crippen LogP contribution is -2.16. The summed E-state index contributed by atoms with van der Waals surface area (Å²) in [7, 11) is 0. The SMILES string of the molecule is CCc1c(NC(=O)c2cccc3ccn(Cc4cccc(C(F)(F)F)c4)c23)cccc1C(=O)O. The monoisotopic (exact) mass is 466 g/mol. The van der Waals surface area contributed by atoms with E-state index >= 15 is 0 Å². The highest BCUT2D eigenvalue weighted by Crippen LogP contribution is 2.30. The van der Waals surface area contributed by atoms with Gasteiger partial charge in [0.1, 0.15) is 0 Å². The summed E-state index contributed by atoms with van der Waals surface area (Å²) in [6.45, 7) is 1.95. The highest BCUT2D eigenvalue weighted by atomic mass is 19.4. The van der Waals surface area contributed by atoms with Crippen molar-refractivity contribution in [3.05, 3.63) is 101 Å². The molecule has 0 aliphatic heterocycles. The minimum absolute atomic E-state index is 0.117. The fourth-order valence-electron chi connectivity index (χ4n) is 4.09. The summed E-state index contributed by atoms with van der Waals surface area (Å²) in [6, 6.07) is 16.7. The van der Waals surface area contributed by atoms with Crippen molar-refractivity contribution < 1.29 is 27.9 Å². The third-order valence-corrected chi connectivity index (χ3v) is 5.65. The Morgan fingerprint density at radius 1 is 0.971 bits per heavy atom. The maximum Gasteiger partial charge on any atom is 0.416 e. The second kappa shape index (κ2) is 9.05. The molecular formula is C26H21F3N2O3. The maximum atomic E-state index is 13.2. The van der Waals surface area contributed by atoms with Crippen molar-refractivity contribution in [2.24, 2.45) is 0 Å². The van der Waals surface area contributed by atoms with Gasteiger partial charge in [0.05, 0.1) is 22.2 Å². The number of rotatable bonds is 6. The summed E-state index contributed by atoms with van der Waals surface area (Å²) in [6.07, 6.45) is -2.31. The summed E-state index contributed by atoms with van der Waals surface area (Å²) < 4.78 is 41.1. The number of hydrogen-bond donors (Lipinski definition) is 2. The zero-order valence-corrected chi connectivity index (χ0v) is 18.2. The number of aromatic carboxylic acids is 1. The number of carbonyl (C=O) groups excluding carboxylic acids is 1. The molecule has 1 heterocycles. The number of anilines is 1. The van der Waals surface area contributed by atoms with Crippen LogP contribution in [0.15, 0.2) is 72.9 Å². The van der Waals surface area contributed by atoms with Crippen molar-refractivity contribution in [3.63, 3.8) is 0 Å². The number of amides is 1. The molecule has 0 spiro atoms. The topological polar surface area (TPSA) is 71.3 Å². The summed E-state index contributed by atoms with van der Waals surface area (Å²) in [5.74, 6) is -1.52. The lowest BCUT2D eigenvalue weighted by molar-refractivity contribution is -0.137. The van der Waals surface area contributed by atoms with Crippen LogP contribution in [0.3, 0.4) is 0 Å². The van der Waals surface area contributed by atoms with Crippen molar-refractivity contribution in [2.75, 3.05) is 5.32 Å². The van der Waals surface area contributed by atoms with E-state index in [0.29, 0.717) is 34.3 Å². The fraction of sp³-hybridized carbons (Fsp3) is 0.154. The van der Waals surface area contributed by atoms with Gasteiger partial charge in [-0.3, -0.25) is 4.79 Å². The lowest BCUT2D eigenvalue weighted by atomic mass is 10.0. The Bertz CT molecular complexity index is 1390. The van der Waals surface area contributed by atoms with E-state index in [2.05, 4.69) is 5.32 Å². The number of halogens is 3. The van der Waals surface area contributed by atoms with E-state index in [-0.39, 0.29) is 12.1 Å². The molecule has 0 saturated heterocycles. The maximum absolute atomic E-state index is 13.2. The first-order valence-corrected chi connectivity index (χ1v) is 10.6. The van der Waals surface area contributed by atoms with E-state index in [9.17, 15) is 27.9 Å². The third-order valence-electron chi connectivity index (χ3n) is 5.65. The van der Waals surface area contributed by atoms with Crippen LogP contribution >= 0.6 is 0 Å². The minimum atomic E-state index is -4.44. The standard InChI is InChI=1S/C26H21F3N2O3/c1-2-19-20(25(33)34)9-5-11-22(19)30-24(32)21-10-4-7-17-12-13-31(23(17)21)15-16-6-3-8-18(14-16)26(27,28)29/h3-14H,2,15H2,1H3,(H,30,32)(H,33,34). The van der Waals surface area contributed by atoms with Gasteiger partial charge in [-0.2, -0.15) is 13.2 Å². The molecule has 0 aliphatic carbocycles. The van der Waals surface area contributed by atoms with Crippen LogP contribution in [-0.2, 0) is 19.1 Å². The first-order valence-electron chi connectivity index (χ1n) is 10.6. The van der Waals surface area contributed by atoms with Crippen LogP contribution in [-0.4, -0.2) is 21.6 Å². The Labute approximate surface area is 193 Å². The summed E-state index contributed by atoms with van der Waals surface area (Å²) >= 11 is 0. The van der Waals surface area contributed by atoms with E-state index in [1.165, 1.54) is 12.1 Å². The quantitative estimate of drug-likeness (QED) is 0.354. The molecule has 1 amide bonds. The van der Waals surface area contributed by atoms with Crippen LogP contribution in [0.1, 0.15) is 44.3 Å². The molecule has 0 atom stereocenters. The molecule has 8 heteroatoms. The molecule has 3 aromatic carbocycles. The van der Waals surface area contributed by atoms with Crippen LogP contribution in [0, 0.1) is 0 Å². The average molecular weight is 466 g/mol. The minimum Gasteiger partial charge on any atom is -0.478 e. The molecule has 0 radical (unpaired) electrons. The molecule has 0 aliphatic rings. The van der Waals surface area contributed by atoms with E-state index < -0.39 is 23.6 Å². The molecule has 0 unspecified atom stereocenters. The van der Waals surface area contributed by atoms with Crippen molar-refractivity contribution in [3.8, 4) is 0 Å². The molecule has 34 heavy (non-hydrogen) atoms. The number of carboxylic acid groups (broad SMARTS) is 1. The van der Waals surface area contributed by atoms with Crippen LogP contribution in [0.2, 0.25) is 0 Å². The number of para-hydroxylation sites is 1. The van der Waals surface area contributed by atoms with E-state index in [1.807, 2.05) is 6.07 Å².